The maximum Gasteiger partial charge on any atom is 0.254 e. The number of nitrogens with zero attached hydrogens (tertiary/aromatic N) is 2. The summed E-state index contributed by atoms with van der Waals surface area (Å²) in [5.74, 6) is 1.40. The van der Waals surface area contributed by atoms with Crippen LogP contribution in [0.1, 0.15) is 27.5 Å². The largest absolute Gasteiger partial charge is 0.454 e. The number of hydrogen-bond donors (Lipinski definition) is 0. The minimum Gasteiger partial charge on any atom is -0.454 e. The number of amides is 1. The molecule has 0 N–H and O–H groups in total. The first kappa shape index (κ1) is 19.6. The molecule has 0 aromatic heterocycles. The van der Waals surface area contributed by atoms with Gasteiger partial charge < -0.3 is 14.4 Å². The average Bonchev–Trinajstić information content (AvgIpc) is 3.31. The Hall–Kier alpha value is -3.31. The third-order valence-electron chi connectivity index (χ3n) is 6.12. The Balaban J connectivity index is 1.28. The van der Waals surface area contributed by atoms with Crippen LogP contribution in [-0.4, -0.2) is 48.7 Å². The van der Waals surface area contributed by atoms with Gasteiger partial charge in [0.15, 0.2) is 11.5 Å². The second kappa shape index (κ2) is 8.82. The average molecular weight is 415 g/mol. The minimum absolute atomic E-state index is 0.0530. The van der Waals surface area contributed by atoms with Crippen molar-refractivity contribution >= 4 is 5.91 Å². The topological polar surface area (TPSA) is 42.0 Å². The van der Waals surface area contributed by atoms with Crippen LogP contribution in [0.15, 0.2) is 78.9 Å². The van der Waals surface area contributed by atoms with Crippen molar-refractivity contribution in [2.45, 2.75) is 12.5 Å². The van der Waals surface area contributed by atoms with E-state index in [1.807, 2.05) is 17.0 Å². The van der Waals surface area contributed by atoms with Gasteiger partial charge in [0.05, 0.1) is 0 Å². The Labute approximate surface area is 182 Å². The molecule has 1 amide bonds. The zero-order valence-electron chi connectivity index (χ0n) is 17.4. The fourth-order valence-corrected chi connectivity index (χ4v) is 4.42. The number of benzene rings is 3. The number of rotatable bonds is 5. The van der Waals surface area contributed by atoms with Crippen molar-refractivity contribution in [3.05, 3.63) is 95.6 Å². The summed E-state index contributed by atoms with van der Waals surface area (Å²) in [5, 5.41) is 0. The molecular weight excluding hydrogens is 388 g/mol. The highest BCUT2D eigenvalue weighted by Crippen LogP contribution is 2.33. The van der Waals surface area contributed by atoms with E-state index in [0.29, 0.717) is 36.2 Å². The van der Waals surface area contributed by atoms with Crippen LogP contribution in [0.3, 0.4) is 0 Å². The van der Waals surface area contributed by atoms with Crippen molar-refractivity contribution in [3.63, 3.8) is 0 Å². The van der Waals surface area contributed by atoms with Gasteiger partial charge in [0, 0.05) is 37.8 Å². The van der Waals surface area contributed by atoms with Crippen LogP contribution in [0.4, 0.5) is 0 Å². The van der Waals surface area contributed by atoms with E-state index in [2.05, 4.69) is 65.6 Å². The molecule has 3 aromatic carbocycles. The SMILES string of the molecule is O=C(c1ccc2c(c1)OCO2)N1CCN([C@@H](Cc2ccccc2)c2ccccc2)CC1. The Bertz CT molecular complexity index is 1030. The quantitative estimate of drug-likeness (QED) is 0.629. The highest BCUT2D eigenvalue weighted by molar-refractivity contribution is 5.95. The second-order valence-electron chi connectivity index (χ2n) is 8.01. The van der Waals surface area contributed by atoms with E-state index in [4.69, 9.17) is 9.47 Å². The van der Waals surface area contributed by atoms with Gasteiger partial charge in [-0.2, -0.15) is 0 Å². The highest BCUT2D eigenvalue weighted by atomic mass is 16.7. The van der Waals surface area contributed by atoms with Gasteiger partial charge in [-0.1, -0.05) is 60.7 Å². The number of ether oxygens (including phenoxy) is 2. The van der Waals surface area contributed by atoms with Crippen LogP contribution in [0, 0.1) is 0 Å². The lowest BCUT2D eigenvalue weighted by Crippen LogP contribution is -2.50. The van der Waals surface area contributed by atoms with Gasteiger partial charge in [0.2, 0.25) is 6.79 Å². The van der Waals surface area contributed by atoms with E-state index in [-0.39, 0.29) is 12.7 Å². The van der Waals surface area contributed by atoms with Crippen molar-refractivity contribution in [2.75, 3.05) is 33.0 Å². The van der Waals surface area contributed by atoms with E-state index >= 15 is 0 Å². The van der Waals surface area contributed by atoms with Crippen molar-refractivity contribution in [1.29, 1.82) is 0 Å². The zero-order valence-corrected chi connectivity index (χ0v) is 17.4. The maximum absolute atomic E-state index is 13.0. The van der Waals surface area contributed by atoms with Crippen molar-refractivity contribution in [1.82, 2.24) is 9.80 Å². The molecule has 1 atom stereocenters. The Kier molecular flexibility index (Phi) is 5.59. The van der Waals surface area contributed by atoms with Crippen molar-refractivity contribution in [2.24, 2.45) is 0 Å². The highest BCUT2D eigenvalue weighted by Gasteiger charge is 2.28. The van der Waals surface area contributed by atoms with E-state index in [1.54, 1.807) is 6.07 Å². The second-order valence-corrected chi connectivity index (χ2v) is 8.01. The minimum atomic E-state index is 0.0530. The first-order chi connectivity index (χ1) is 15.3. The van der Waals surface area contributed by atoms with Crippen molar-refractivity contribution < 1.29 is 14.3 Å². The number of piperazine rings is 1. The summed E-state index contributed by atoms with van der Waals surface area (Å²) in [6, 6.07) is 27.0. The summed E-state index contributed by atoms with van der Waals surface area (Å²) in [4.78, 5) is 17.5. The third-order valence-corrected chi connectivity index (χ3v) is 6.12. The summed E-state index contributed by atoms with van der Waals surface area (Å²) in [6.07, 6.45) is 0.959. The standard InChI is InChI=1S/C26H26N2O3/c29-26(22-11-12-24-25(18-22)31-19-30-24)28-15-13-27(14-16-28)23(21-9-5-2-6-10-21)17-20-7-3-1-4-8-20/h1-12,18,23H,13-17,19H2/t23-/m0/s1. The molecule has 5 nitrogen and oxygen atoms in total. The third kappa shape index (κ3) is 4.28. The van der Waals surface area contributed by atoms with Gasteiger partial charge in [-0.05, 0) is 35.7 Å². The van der Waals surface area contributed by atoms with E-state index in [0.717, 1.165) is 19.5 Å². The Morgan fingerprint density at radius 1 is 0.806 bits per heavy atom. The van der Waals surface area contributed by atoms with Gasteiger partial charge in [-0.3, -0.25) is 9.69 Å². The molecule has 1 saturated heterocycles. The maximum atomic E-state index is 13.0. The molecule has 5 heteroatoms. The Morgan fingerprint density at radius 3 is 2.23 bits per heavy atom. The van der Waals surface area contributed by atoms with Gasteiger partial charge in [-0.25, -0.2) is 0 Å². The lowest BCUT2D eigenvalue weighted by Gasteiger charge is -2.39. The first-order valence-electron chi connectivity index (χ1n) is 10.8. The van der Waals surface area contributed by atoms with Crippen LogP contribution >= 0.6 is 0 Å². The van der Waals surface area contributed by atoms with Crippen LogP contribution < -0.4 is 9.47 Å². The molecule has 0 radical (unpaired) electrons. The van der Waals surface area contributed by atoms with Gasteiger partial charge in [0.25, 0.3) is 5.91 Å². The predicted octanol–water partition coefficient (Wildman–Crippen LogP) is 4.16. The van der Waals surface area contributed by atoms with Gasteiger partial charge in [0.1, 0.15) is 0 Å². The molecule has 0 saturated carbocycles. The summed E-state index contributed by atoms with van der Waals surface area (Å²) in [5.41, 5.74) is 3.30. The molecule has 2 aliphatic heterocycles. The molecule has 0 spiro atoms. The molecule has 5 rings (SSSR count). The van der Waals surface area contributed by atoms with Crippen LogP contribution in [-0.2, 0) is 6.42 Å². The molecule has 3 aromatic rings. The summed E-state index contributed by atoms with van der Waals surface area (Å²) < 4.78 is 10.8. The van der Waals surface area contributed by atoms with E-state index in [9.17, 15) is 4.79 Å². The smallest absolute Gasteiger partial charge is 0.254 e. The first-order valence-corrected chi connectivity index (χ1v) is 10.8. The number of carbonyl (C=O) groups excluding carboxylic acids is 1. The lowest BCUT2D eigenvalue weighted by atomic mass is 9.96. The van der Waals surface area contributed by atoms with Gasteiger partial charge >= 0.3 is 0 Å². The molecule has 158 valence electrons. The fraction of sp³-hybridized carbons (Fsp3) is 0.269. The summed E-state index contributed by atoms with van der Waals surface area (Å²) in [7, 11) is 0. The summed E-state index contributed by atoms with van der Waals surface area (Å²) in [6.45, 7) is 3.34. The molecule has 0 unspecified atom stereocenters. The van der Waals surface area contributed by atoms with E-state index in [1.165, 1.54) is 11.1 Å². The number of hydrogen-bond acceptors (Lipinski definition) is 4. The summed E-state index contributed by atoms with van der Waals surface area (Å²) >= 11 is 0. The lowest BCUT2D eigenvalue weighted by molar-refractivity contribution is 0.0566. The molecule has 31 heavy (non-hydrogen) atoms. The van der Waals surface area contributed by atoms with E-state index < -0.39 is 0 Å². The van der Waals surface area contributed by atoms with Crippen LogP contribution in [0.5, 0.6) is 11.5 Å². The zero-order chi connectivity index (χ0) is 21.0. The normalized spacial score (nSPS) is 16.8. The molecular formula is C26H26N2O3. The molecule has 2 heterocycles. The molecule has 1 fully saturated rings. The Morgan fingerprint density at radius 2 is 1.48 bits per heavy atom. The van der Waals surface area contributed by atoms with Gasteiger partial charge in [-0.15, -0.1) is 0 Å². The van der Waals surface area contributed by atoms with Crippen LogP contribution in [0.25, 0.3) is 0 Å². The monoisotopic (exact) mass is 414 g/mol. The fourth-order valence-electron chi connectivity index (χ4n) is 4.42. The van der Waals surface area contributed by atoms with Crippen molar-refractivity contribution in [3.8, 4) is 11.5 Å². The molecule has 0 bridgehead atoms. The number of carbonyl (C=O) groups is 1. The predicted molar refractivity (Wildman–Crippen MR) is 119 cm³/mol. The number of fused-ring (bicyclic) bond motifs is 1. The molecule has 0 aliphatic carbocycles. The molecule has 2 aliphatic rings. The van der Waals surface area contributed by atoms with Crippen LogP contribution in [0.2, 0.25) is 0 Å².